The van der Waals surface area contributed by atoms with Crippen LogP contribution in [-0.4, -0.2) is 32.7 Å². The van der Waals surface area contributed by atoms with Crippen LogP contribution in [0.4, 0.5) is 0 Å². The third-order valence-corrected chi connectivity index (χ3v) is 2.94. The van der Waals surface area contributed by atoms with Gasteiger partial charge < -0.3 is 10.4 Å². The highest BCUT2D eigenvalue weighted by molar-refractivity contribution is 5.85. The van der Waals surface area contributed by atoms with Crippen molar-refractivity contribution in [2.24, 2.45) is 0 Å². The van der Waals surface area contributed by atoms with Crippen LogP contribution in [-0.2, 0) is 6.54 Å². The minimum Gasteiger partial charge on any atom is -0.392 e. The zero-order valence-corrected chi connectivity index (χ0v) is 13.5. The van der Waals surface area contributed by atoms with Crippen molar-refractivity contribution in [3.05, 3.63) is 36.0 Å². The first kappa shape index (κ1) is 17.6. The smallest absolute Gasteiger partial charge is 0.117 e. The van der Waals surface area contributed by atoms with Crippen LogP contribution in [0.25, 0.3) is 11.3 Å². The molecule has 0 radical (unpaired) electrons. The zero-order valence-electron chi connectivity index (χ0n) is 12.7. The minimum absolute atomic E-state index is 0. The summed E-state index contributed by atoms with van der Waals surface area (Å²) in [5.41, 5.74) is 2.87. The number of hydrogen-bond acceptors (Lipinski definition) is 4. The van der Waals surface area contributed by atoms with Crippen molar-refractivity contribution in [3.63, 3.8) is 0 Å². The molecule has 1 unspecified atom stereocenters. The number of aliphatic hydroxyl groups excluding tert-OH is 1. The molecule has 2 rings (SSSR count). The molecule has 0 aliphatic carbocycles. The van der Waals surface area contributed by atoms with Crippen molar-refractivity contribution in [1.82, 2.24) is 20.3 Å². The van der Waals surface area contributed by atoms with Crippen LogP contribution in [0.3, 0.4) is 0 Å². The van der Waals surface area contributed by atoms with Gasteiger partial charge in [0.15, 0.2) is 0 Å². The van der Waals surface area contributed by atoms with Crippen LogP contribution in [0.1, 0.15) is 32.5 Å². The number of hydrogen-bond donors (Lipinski definition) is 2. The molecule has 21 heavy (non-hydrogen) atoms. The summed E-state index contributed by atoms with van der Waals surface area (Å²) < 4.78 is 0. The highest BCUT2D eigenvalue weighted by atomic mass is 35.5. The van der Waals surface area contributed by atoms with E-state index in [0.717, 1.165) is 17.0 Å². The molecule has 116 valence electrons. The Balaban J connectivity index is 0.00000220. The Morgan fingerprint density at radius 3 is 2.38 bits per heavy atom. The molecule has 0 fully saturated rings. The Morgan fingerprint density at radius 2 is 1.81 bits per heavy atom. The number of aromatic nitrogens is 3. The molecular weight excluding hydrogens is 288 g/mol. The maximum atomic E-state index is 9.31. The molecule has 2 N–H and O–H groups in total. The molecule has 6 heteroatoms. The molecule has 1 heterocycles. The first-order chi connectivity index (χ1) is 9.58. The van der Waals surface area contributed by atoms with Crippen molar-refractivity contribution in [1.29, 1.82) is 0 Å². The second-order valence-corrected chi connectivity index (χ2v) is 5.26. The summed E-state index contributed by atoms with van der Waals surface area (Å²) >= 11 is 0. The highest BCUT2D eigenvalue weighted by Gasteiger charge is 2.14. The van der Waals surface area contributed by atoms with Crippen LogP contribution in [0.15, 0.2) is 30.3 Å². The van der Waals surface area contributed by atoms with E-state index < -0.39 is 0 Å². The van der Waals surface area contributed by atoms with Crippen molar-refractivity contribution < 1.29 is 5.11 Å². The number of nitrogens with one attached hydrogen (secondary N) is 1. The zero-order chi connectivity index (χ0) is 14.5. The monoisotopic (exact) mass is 310 g/mol. The molecule has 1 aromatic heterocycles. The number of halogens is 1. The fourth-order valence-electron chi connectivity index (χ4n) is 1.92. The second kappa shape index (κ2) is 8.12. The van der Waals surface area contributed by atoms with Crippen LogP contribution in [0, 0.1) is 0 Å². The minimum atomic E-state index is -0.365. The van der Waals surface area contributed by atoms with Gasteiger partial charge >= 0.3 is 0 Å². The van der Waals surface area contributed by atoms with Crippen LogP contribution in [0.5, 0.6) is 0 Å². The largest absolute Gasteiger partial charge is 0.392 e. The van der Waals surface area contributed by atoms with Crippen molar-refractivity contribution in [3.8, 4) is 11.3 Å². The van der Waals surface area contributed by atoms with Gasteiger partial charge in [0.25, 0.3) is 0 Å². The number of rotatable bonds is 6. The van der Waals surface area contributed by atoms with Gasteiger partial charge in [0, 0.05) is 18.7 Å². The summed E-state index contributed by atoms with van der Waals surface area (Å²) in [6, 6.07) is 10.3. The molecule has 5 nitrogen and oxygen atoms in total. The summed E-state index contributed by atoms with van der Waals surface area (Å²) in [4.78, 5) is 1.74. The third-order valence-electron chi connectivity index (χ3n) is 2.94. The van der Waals surface area contributed by atoms with Crippen LogP contribution in [0.2, 0.25) is 0 Å². The van der Waals surface area contributed by atoms with E-state index in [4.69, 9.17) is 0 Å². The lowest BCUT2D eigenvalue weighted by Crippen LogP contribution is -2.24. The van der Waals surface area contributed by atoms with Crippen LogP contribution < -0.4 is 5.32 Å². The topological polar surface area (TPSA) is 63.0 Å². The average molecular weight is 311 g/mol. The lowest BCUT2D eigenvalue weighted by atomic mass is 10.1. The molecule has 0 spiro atoms. The maximum Gasteiger partial charge on any atom is 0.117 e. The Bertz CT molecular complexity index is 540. The number of nitrogens with zero attached hydrogens (tertiary/aromatic N) is 3. The van der Waals surface area contributed by atoms with E-state index in [0.29, 0.717) is 13.1 Å². The third kappa shape index (κ3) is 4.81. The standard InChI is InChI=1S/C15H22N4O.ClH/c1-11(2)19-17-14(10-16-9-12(3)20)15(18-19)13-7-5-4-6-8-13;/h4-8,11-12,16,20H,9-10H2,1-3H3;1H. The Labute approximate surface area is 131 Å². The van der Waals surface area contributed by atoms with Gasteiger partial charge in [-0.2, -0.15) is 15.0 Å². The fraction of sp³-hybridized carbons (Fsp3) is 0.467. The molecule has 1 atom stereocenters. The summed E-state index contributed by atoms with van der Waals surface area (Å²) in [5, 5.41) is 21.6. The van der Waals surface area contributed by atoms with Gasteiger partial charge in [-0.05, 0) is 20.8 Å². The van der Waals surface area contributed by atoms with Gasteiger partial charge in [-0.1, -0.05) is 30.3 Å². The first-order valence-electron chi connectivity index (χ1n) is 6.98. The molecule has 0 saturated heterocycles. The fourth-order valence-corrected chi connectivity index (χ4v) is 1.92. The number of aliphatic hydroxyl groups is 1. The molecule has 0 saturated carbocycles. The quantitative estimate of drug-likeness (QED) is 0.860. The molecular formula is C15H23ClN4O. The van der Waals surface area contributed by atoms with Crippen molar-refractivity contribution in [2.75, 3.05) is 6.54 Å². The molecule has 1 aromatic carbocycles. The van der Waals surface area contributed by atoms with Gasteiger partial charge in [-0.3, -0.25) is 0 Å². The van der Waals surface area contributed by atoms with Gasteiger partial charge in [0.05, 0.1) is 12.1 Å². The van der Waals surface area contributed by atoms with Crippen molar-refractivity contribution in [2.45, 2.75) is 39.5 Å². The second-order valence-electron chi connectivity index (χ2n) is 5.26. The van der Waals surface area contributed by atoms with E-state index in [2.05, 4.69) is 29.4 Å². The normalized spacial score (nSPS) is 12.2. The summed E-state index contributed by atoms with van der Waals surface area (Å²) in [6.45, 7) is 7.02. The SMILES string of the molecule is CC(O)CNCc1nn(C(C)C)nc1-c1ccccc1.Cl. The Morgan fingerprint density at radius 1 is 1.14 bits per heavy atom. The van der Waals surface area contributed by atoms with Crippen LogP contribution >= 0.6 is 12.4 Å². The summed E-state index contributed by atoms with van der Waals surface area (Å²) in [7, 11) is 0. The molecule has 0 aliphatic heterocycles. The molecule has 2 aromatic rings. The maximum absolute atomic E-state index is 9.31. The summed E-state index contributed by atoms with van der Waals surface area (Å²) in [5.74, 6) is 0. The van der Waals surface area contributed by atoms with E-state index in [-0.39, 0.29) is 24.6 Å². The van der Waals surface area contributed by atoms with E-state index in [1.54, 1.807) is 11.7 Å². The molecule has 0 amide bonds. The predicted molar refractivity (Wildman–Crippen MR) is 86.5 cm³/mol. The van der Waals surface area contributed by atoms with Crippen molar-refractivity contribution >= 4 is 12.4 Å². The number of benzene rings is 1. The van der Waals surface area contributed by atoms with E-state index >= 15 is 0 Å². The van der Waals surface area contributed by atoms with E-state index in [9.17, 15) is 5.11 Å². The predicted octanol–water partition coefficient (Wildman–Crippen LogP) is 2.42. The Hall–Kier alpha value is -1.43. The van der Waals surface area contributed by atoms with E-state index in [1.165, 1.54) is 0 Å². The lowest BCUT2D eigenvalue weighted by Gasteiger charge is -2.06. The van der Waals surface area contributed by atoms with Gasteiger partial charge in [-0.25, -0.2) is 0 Å². The van der Waals surface area contributed by atoms with Gasteiger partial charge in [0.1, 0.15) is 11.4 Å². The highest BCUT2D eigenvalue weighted by Crippen LogP contribution is 2.21. The van der Waals surface area contributed by atoms with E-state index in [1.807, 2.05) is 30.3 Å². The molecule has 0 bridgehead atoms. The molecule has 0 aliphatic rings. The Kier molecular flexibility index (Phi) is 6.81. The first-order valence-corrected chi connectivity index (χ1v) is 6.98. The lowest BCUT2D eigenvalue weighted by molar-refractivity contribution is 0.191. The average Bonchev–Trinajstić information content (AvgIpc) is 2.84. The van der Waals surface area contributed by atoms with Gasteiger partial charge in [-0.15, -0.1) is 12.4 Å². The van der Waals surface area contributed by atoms with Gasteiger partial charge in [0.2, 0.25) is 0 Å². The summed E-state index contributed by atoms with van der Waals surface area (Å²) in [6.07, 6.45) is -0.365.